The van der Waals surface area contributed by atoms with Gasteiger partial charge in [-0.1, -0.05) is 0 Å². The highest BCUT2D eigenvalue weighted by Crippen LogP contribution is 2.20. The molecule has 0 spiro atoms. The molecule has 6 heteroatoms. The molecule has 1 aliphatic heterocycles. The molecule has 1 aromatic rings. The number of H-pyrrole nitrogens is 1. The molecule has 1 saturated heterocycles. The van der Waals surface area contributed by atoms with E-state index in [2.05, 4.69) is 29.2 Å². The van der Waals surface area contributed by atoms with E-state index in [4.69, 9.17) is 5.73 Å². The van der Waals surface area contributed by atoms with Crippen LogP contribution >= 0.6 is 0 Å². The molecule has 0 atom stereocenters. The van der Waals surface area contributed by atoms with Crippen LogP contribution in [0.1, 0.15) is 23.3 Å². The molecule has 0 aliphatic carbocycles. The predicted molar refractivity (Wildman–Crippen MR) is 70.2 cm³/mol. The van der Waals surface area contributed by atoms with E-state index in [1.165, 1.54) is 6.20 Å². The monoisotopic (exact) mass is 251 g/mol. The number of amides is 1. The Hall–Kier alpha value is -1.56. The van der Waals surface area contributed by atoms with Gasteiger partial charge in [-0.2, -0.15) is 5.10 Å². The summed E-state index contributed by atoms with van der Waals surface area (Å²) in [5.74, 6) is 0.650. The fourth-order valence-corrected chi connectivity index (χ4v) is 2.46. The number of hydrogen-bond acceptors (Lipinski definition) is 4. The summed E-state index contributed by atoms with van der Waals surface area (Å²) in [4.78, 5) is 16.2. The van der Waals surface area contributed by atoms with Gasteiger partial charge in [0.25, 0.3) is 5.91 Å². The standard InChI is InChI=1S/C12H21N5O/c1-16(2)8-9-3-5-17(6-4-9)12(18)11-10(13)7-14-15-11/h7,9H,3-6,8,13H2,1-2H3,(H,14,15). The van der Waals surface area contributed by atoms with Crippen molar-refractivity contribution in [3.05, 3.63) is 11.9 Å². The summed E-state index contributed by atoms with van der Waals surface area (Å²) in [5, 5.41) is 6.46. The first-order valence-electron chi connectivity index (χ1n) is 6.30. The van der Waals surface area contributed by atoms with Crippen LogP contribution in [0.25, 0.3) is 0 Å². The van der Waals surface area contributed by atoms with Crippen LogP contribution in [0.3, 0.4) is 0 Å². The van der Waals surface area contributed by atoms with Gasteiger partial charge < -0.3 is 15.5 Å². The maximum Gasteiger partial charge on any atom is 0.274 e. The fourth-order valence-electron chi connectivity index (χ4n) is 2.46. The summed E-state index contributed by atoms with van der Waals surface area (Å²) in [5.41, 5.74) is 6.54. The van der Waals surface area contributed by atoms with Gasteiger partial charge in [-0.15, -0.1) is 0 Å². The van der Waals surface area contributed by atoms with E-state index in [0.717, 1.165) is 32.5 Å². The number of nitrogen functional groups attached to an aromatic ring is 1. The van der Waals surface area contributed by atoms with Crippen LogP contribution in [0, 0.1) is 5.92 Å². The Morgan fingerprint density at radius 2 is 2.22 bits per heavy atom. The van der Waals surface area contributed by atoms with Gasteiger partial charge in [0.05, 0.1) is 11.9 Å². The molecule has 0 radical (unpaired) electrons. The third-order valence-electron chi connectivity index (χ3n) is 3.41. The lowest BCUT2D eigenvalue weighted by Crippen LogP contribution is -2.41. The van der Waals surface area contributed by atoms with Gasteiger partial charge in [-0.25, -0.2) is 0 Å². The fraction of sp³-hybridized carbons (Fsp3) is 0.667. The Morgan fingerprint density at radius 1 is 1.56 bits per heavy atom. The SMILES string of the molecule is CN(C)CC1CCN(C(=O)c2[nH]ncc2N)CC1. The molecule has 0 aromatic carbocycles. The smallest absolute Gasteiger partial charge is 0.274 e. The quantitative estimate of drug-likeness (QED) is 0.815. The van der Waals surface area contributed by atoms with E-state index >= 15 is 0 Å². The number of aromatic nitrogens is 2. The number of carbonyl (C=O) groups is 1. The summed E-state index contributed by atoms with van der Waals surface area (Å²) >= 11 is 0. The van der Waals surface area contributed by atoms with Crippen LogP contribution in [-0.4, -0.2) is 59.6 Å². The van der Waals surface area contributed by atoms with Crippen LogP contribution in [0.2, 0.25) is 0 Å². The first-order valence-corrected chi connectivity index (χ1v) is 6.30. The second kappa shape index (κ2) is 5.39. The number of nitrogens with zero attached hydrogens (tertiary/aromatic N) is 3. The number of piperidine rings is 1. The highest BCUT2D eigenvalue weighted by molar-refractivity contribution is 5.97. The normalized spacial score (nSPS) is 17.4. The van der Waals surface area contributed by atoms with E-state index in [0.29, 0.717) is 17.3 Å². The highest BCUT2D eigenvalue weighted by atomic mass is 16.2. The number of nitrogens with two attached hydrogens (primary N) is 1. The maximum atomic E-state index is 12.2. The summed E-state index contributed by atoms with van der Waals surface area (Å²) in [6.07, 6.45) is 3.59. The first kappa shape index (κ1) is 12.9. The van der Waals surface area contributed by atoms with Gasteiger partial charge in [-0.3, -0.25) is 9.89 Å². The van der Waals surface area contributed by atoms with Crippen LogP contribution in [-0.2, 0) is 0 Å². The van der Waals surface area contributed by atoms with E-state index in [9.17, 15) is 4.79 Å². The predicted octanol–water partition coefficient (Wildman–Crippen LogP) is 0.406. The lowest BCUT2D eigenvalue weighted by molar-refractivity contribution is 0.0673. The molecule has 0 bridgehead atoms. The molecular formula is C12H21N5O. The molecule has 18 heavy (non-hydrogen) atoms. The minimum atomic E-state index is -0.0340. The summed E-state index contributed by atoms with van der Waals surface area (Å²) in [6, 6.07) is 0. The Bertz CT molecular complexity index is 406. The van der Waals surface area contributed by atoms with E-state index in [1.54, 1.807) is 0 Å². The van der Waals surface area contributed by atoms with Crippen LogP contribution in [0.4, 0.5) is 5.69 Å². The highest BCUT2D eigenvalue weighted by Gasteiger charge is 2.25. The summed E-state index contributed by atoms with van der Waals surface area (Å²) in [7, 11) is 4.17. The molecule has 0 saturated carbocycles. The van der Waals surface area contributed by atoms with Gasteiger partial charge >= 0.3 is 0 Å². The number of hydrogen-bond donors (Lipinski definition) is 2. The van der Waals surface area contributed by atoms with Crippen molar-refractivity contribution in [1.29, 1.82) is 0 Å². The number of aromatic amines is 1. The van der Waals surface area contributed by atoms with Gasteiger partial charge in [-0.05, 0) is 32.9 Å². The molecule has 1 aliphatic rings. The Labute approximate surface area is 107 Å². The van der Waals surface area contributed by atoms with Crippen molar-refractivity contribution in [2.45, 2.75) is 12.8 Å². The van der Waals surface area contributed by atoms with Gasteiger partial charge in [0.15, 0.2) is 0 Å². The second-order valence-corrected chi connectivity index (χ2v) is 5.20. The van der Waals surface area contributed by atoms with Gasteiger partial charge in [0.1, 0.15) is 5.69 Å². The summed E-state index contributed by atoms with van der Waals surface area (Å²) < 4.78 is 0. The lowest BCUT2D eigenvalue weighted by atomic mass is 9.96. The van der Waals surface area contributed by atoms with Crippen molar-refractivity contribution in [1.82, 2.24) is 20.0 Å². The number of rotatable bonds is 3. The minimum Gasteiger partial charge on any atom is -0.396 e. The molecule has 6 nitrogen and oxygen atoms in total. The zero-order valence-electron chi connectivity index (χ0n) is 11.0. The van der Waals surface area contributed by atoms with Crippen molar-refractivity contribution >= 4 is 11.6 Å². The number of likely N-dealkylation sites (tertiary alicyclic amines) is 1. The van der Waals surface area contributed by atoms with Crippen molar-refractivity contribution in [2.75, 3.05) is 39.5 Å². The number of anilines is 1. The molecule has 100 valence electrons. The molecule has 2 heterocycles. The number of carbonyl (C=O) groups excluding carboxylic acids is 1. The van der Waals surface area contributed by atoms with Crippen LogP contribution in [0.15, 0.2) is 6.20 Å². The number of nitrogens with one attached hydrogen (secondary N) is 1. The van der Waals surface area contributed by atoms with E-state index < -0.39 is 0 Å². The second-order valence-electron chi connectivity index (χ2n) is 5.20. The van der Waals surface area contributed by atoms with Gasteiger partial charge in [0, 0.05) is 19.6 Å². The third kappa shape index (κ3) is 2.81. The maximum absolute atomic E-state index is 12.2. The van der Waals surface area contributed by atoms with Crippen molar-refractivity contribution in [3.63, 3.8) is 0 Å². The summed E-state index contributed by atoms with van der Waals surface area (Å²) in [6.45, 7) is 2.69. The molecule has 1 fully saturated rings. The zero-order chi connectivity index (χ0) is 13.1. The third-order valence-corrected chi connectivity index (χ3v) is 3.41. The first-order chi connectivity index (χ1) is 8.58. The van der Waals surface area contributed by atoms with Crippen molar-refractivity contribution in [3.8, 4) is 0 Å². The average molecular weight is 251 g/mol. The topological polar surface area (TPSA) is 78.2 Å². The zero-order valence-corrected chi connectivity index (χ0v) is 11.0. The molecule has 1 amide bonds. The molecular weight excluding hydrogens is 230 g/mol. The largest absolute Gasteiger partial charge is 0.396 e. The molecule has 1 aromatic heterocycles. The Balaban J connectivity index is 1.90. The van der Waals surface area contributed by atoms with E-state index in [1.807, 2.05) is 4.90 Å². The average Bonchev–Trinajstić information content (AvgIpc) is 2.75. The van der Waals surface area contributed by atoms with Crippen LogP contribution in [0.5, 0.6) is 0 Å². The molecule has 0 unspecified atom stereocenters. The Kier molecular flexibility index (Phi) is 3.86. The Morgan fingerprint density at radius 3 is 2.72 bits per heavy atom. The molecule has 3 N–H and O–H groups in total. The lowest BCUT2D eigenvalue weighted by Gasteiger charge is -2.33. The van der Waals surface area contributed by atoms with Crippen molar-refractivity contribution < 1.29 is 4.79 Å². The van der Waals surface area contributed by atoms with E-state index in [-0.39, 0.29) is 5.91 Å². The van der Waals surface area contributed by atoms with Gasteiger partial charge in [0.2, 0.25) is 0 Å². The molecule has 2 rings (SSSR count). The van der Waals surface area contributed by atoms with Crippen LogP contribution < -0.4 is 5.73 Å². The minimum absolute atomic E-state index is 0.0340. The van der Waals surface area contributed by atoms with Crippen molar-refractivity contribution in [2.24, 2.45) is 5.92 Å².